The average molecular weight is 380 g/mol. The maximum atomic E-state index is 12.4. The van der Waals surface area contributed by atoms with Crippen LogP contribution in [-0.2, 0) is 22.6 Å². The Morgan fingerprint density at radius 1 is 1.21 bits per heavy atom. The second-order valence-electron chi connectivity index (χ2n) is 6.71. The number of amides is 2. The average Bonchev–Trinajstić information content (AvgIpc) is 2.82. The normalized spacial score (nSPS) is 16.5. The molecule has 0 fully saturated rings. The zero-order chi connectivity index (χ0) is 20.1. The summed E-state index contributed by atoms with van der Waals surface area (Å²) in [6, 6.07) is 14.1. The first-order chi connectivity index (χ1) is 13.4. The standard InChI is InChI=1S/C20H24N6O2/c21-15-8-5-13(6-9-15)11-26(23)12-16(22)19(27)25-18-10-7-14-3-1-2-4-17(14)24-20(18)28/h1-6,8-9,12,18H,7,10-11,21-23H2,(H,24,28)(H,25,27)/b16-12-/t18-/m0/s1. The topological polar surface area (TPSA) is 140 Å². The van der Waals surface area contributed by atoms with Gasteiger partial charge in [0.15, 0.2) is 0 Å². The van der Waals surface area contributed by atoms with Crippen molar-refractivity contribution in [3.63, 3.8) is 0 Å². The lowest BCUT2D eigenvalue weighted by Gasteiger charge is -2.18. The van der Waals surface area contributed by atoms with Gasteiger partial charge in [-0.2, -0.15) is 0 Å². The SMILES string of the molecule is N/C(=C\N(N)Cc1ccc(N)cc1)C(=O)N[C@H]1CCc2ccccc2NC1=O. The molecule has 8 nitrogen and oxygen atoms in total. The minimum Gasteiger partial charge on any atom is -0.399 e. The van der Waals surface area contributed by atoms with Gasteiger partial charge in [0.2, 0.25) is 5.91 Å². The Hall–Kier alpha value is -3.52. The van der Waals surface area contributed by atoms with Crippen LogP contribution in [0, 0.1) is 0 Å². The van der Waals surface area contributed by atoms with E-state index < -0.39 is 11.9 Å². The third-order valence-electron chi connectivity index (χ3n) is 4.51. The van der Waals surface area contributed by atoms with Crippen molar-refractivity contribution in [1.29, 1.82) is 0 Å². The summed E-state index contributed by atoms with van der Waals surface area (Å²) in [5.74, 6) is 5.10. The van der Waals surface area contributed by atoms with E-state index in [9.17, 15) is 9.59 Å². The molecule has 1 aliphatic heterocycles. The maximum Gasteiger partial charge on any atom is 0.269 e. The predicted octanol–water partition coefficient (Wildman–Crippen LogP) is 0.814. The van der Waals surface area contributed by atoms with Crippen LogP contribution >= 0.6 is 0 Å². The summed E-state index contributed by atoms with van der Waals surface area (Å²) in [6.07, 6.45) is 2.50. The summed E-state index contributed by atoms with van der Waals surface area (Å²) in [6.45, 7) is 0.355. The number of nitrogens with zero attached hydrogens (tertiary/aromatic N) is 1. The quantitative estimate of drug-likeness (QED) is 0.225. The highest BCUT2D eigenvalue weighted by atomic mass is 16.2. The van der Waals surface area contributed by atoms with Gasteiger partial charge >= 0.3 is 0 Å². The van der Waals surface area contributed by atoms with Crippen LogP contribution in [0.3, 0.4) is 0 Å². The third-order valence-corrected chi connectivity index (χ3v) is 4.51. The van der Waals surface area contributed by atoms with Gasteiger partial charge in [0.1, 0.15) is 11.7 Å². The first-order valence-corrected chi connectivity index (χ1v) is 8.95. The lowest BCUT2D eigenvalue weighted by molar-refractivity contribution is -0.124. The van der Waals surface area contributed by atoms with Crippen molar-refractivity contribution < 1.29 is 9.59 Å². The summed E-state index contributed by atoms with van der Waals surface area (Å²) < 4.78 is 0. The fourth-order valence-electron chi connectivity index (χ4n) is 3.01. The van der Waals surface area contributed by atoms with Gasteiger partial charge in [0, 0.05) is 17.6 Å². The van der Waals surface area contributed by atoms with Gasteiger partial charge in [-0.25, -0.2) is 5.84 Å². The van der Waals surface area contributed by atoms with Gasteiger partial charge in [-0.05, 0) is 42.2 Å². The fraction of sp³-hybridized carbons (Fsp3) is 0.200. The molecule has 2 aromatic carbocycles. The molecule has 0 spiro atoms. The van der Waals surface area contributed by atoms with Crippen LogP contribution in [0.1, 0.15) is 17.5 Å². The predicted molar refractivity (Wildman–Crippen MR) is 108 cm³/mol. The van der Waals surface area contributed by atoms with Crippen molar-refractivity contribution >= 4 is 23.2 Å². The number of nitrogen functional groups attached to an aromatic ring is 1. The summed E-state index contributed by atoms with van der Waals surface area (Å²) in [5, 5.41) is 6.82. The van der Waals surface area contributed by atoms with Gasteiger partial charge in [-0.15, -0.1) is 0 Å². The van der Waals surface area contributed by atoms with Crippen molar-refractivity contribution in [1.82, 2.24) is 10.3 Å². The number of anilines is 2. The van der Waals surface area contributed by atoms with E-state index in [0.717, 1.165) is 16.8 Å². The Morgan fingerprint density at radius 2 is 1.93 bits per heavy atom. The zero-order valence-electron chi connectivity index (χ0n) is 15.4. The van der Waals surface area contributed by atoms with E-state index >= 15 is 0 Å². The summed E-state index contributed by atoms with van der Waals surface area (Å²) >= 11 is 0. The molecule has 0 radical (unpaired) electrons. The number of fused-ring (bicyclic) bond motifs is 1. The Labute approximate surface area is 163 Å². The Morgan fingerprint density at radius 3 is 2.68 bits per heavy atom. The molecule has 28 heavy (non-hydrogen) atoms. The third kappa shape index (κ3) is 4.80. The smallest absolute Gasteiger partial charge is 0.269 e. The number of hydrazine groups is 1. The van der Waals surface area contributed by atoms with Gasteiger partial charge in [-0.3, -0.25) is 9.59 Å². The summed E-state index contributed by atoms with van der Waals surface area (Å²) in [5.41, 5.74) is 14.8. The van der Waals surface area contributed by atoms with Gasteiger partial charge < -0.3 is 27.1 Å². The number of hydrogen-bond donors (Lipinski definition) is 5. The van der Waals surface area contributed by atoms with Gasteiger partial charge in [-0.1, -0.05) is 30.3 Å². The van der Waals surface area contributed by atoms with Crippen LogP contribution in [-0.4, -0.2) is 22.9 Å². The van der Waals surface area contributed by atoms with E-state index in [2.05, 4.69) is 10.6 Å². The van der Waals surface area contributed by atoms with Crippen LogP contribution in [0.5, 0.6) is 0 Å². The van der Waals surface area contributed by atoms with Crippen LogP contribution in [0.2, 0.25) is 0 Å². The molecule has 1 atom stereocenters. The minimum absolute atomic E-state index is 0.0764. The molecule has 0 bridgehead atoms. The van der Waals surface area contributed by atoms with E-state index in [0.29, 0.717) is 25.1 Å². The first kappa shape index (κ1) is 19.2. The van der Waals surface area contributed by atoms with Crippen LogP contribution < -0.4 is 27.9 Å². The minimum atomic E-state index is -0.671. The summed E-state index contributed by atoms with van der Waals surface area (Å²) in [7, 11) is 0. The van der Waals surface area contributed by atoms with E-state index in [4.69, 9.17) is 17.3 Å². The molecule has 1 aliphatic rings. The number of aryl methyl sites for hydroxylation is 1. The number of rotatable bonds is 5. The fourth-order valence-corrected chi connectivity index (χ4v) is 3.01. The molecule has 146 valence electrons. The number of carbonyl (C=O) groups is 2. The molecule has 2 aromatic rings. The molecule has 0 unspecified atom stereocenters. The van der Waals surface area contributed by atoms with E-state index in [1.54, 1.807) is 12.1 Å². The number of nitrogens with one attached hydrogen (secondary N) is 2. The summed E-state index contributed by atoms with van der Waals surface area (Å²) in [4.78, 5) is 24.8. The van der Waals surface area contributed by atoms with Crippen LogP contribution in [0.4, 0.5) is 11.4 Å². The lowest BCUT2D eigenvalue weighted by Crippen LogP contribution is -2.45. The highest BCUT2D eigenvalue weighted by molar-refractivity contribution is 6.01. The van der Waals surface area contributed by atoms with E-state index in [1.165, 1.54) is 11.2 Å². The molecule has 1 heterocycles. The van der Waals surface area contributed by atoms with E-state index in [-0.39, 0.29) is 11.6 Å². The lowest BCUT2D eigenvalue weighted by atomic mass is 10.1. The molecule has 0 saturated heterocycles. The van der Waals surface area contributed by atoms with Crippen molar-refractivity contribution in [2.45, 2.75) is 25.4 Å². The molecule has 3 rings (SSSR count). The van der Waals surface area contributed by atoms with Gasteiger partial charge in [0.05, 0.1) is 6.54 Å². The number of benzene rings is 2. The number of para-hydroxylation sites is 1. The van der Waals surface area contributed by atoms with Crippen LogP contribution in [0.25, 0.3) is 0 Å². The molecule has 8 N–H and O–H groups in total. The monoisotopic (exact) mass is 380 g/mol. The molecule has 0 aromatic heterocycles. The molecule has 0 aliphatic carbocycles. The number of nitrogens with two attached hydrogens (primary N) is 3. The van der Waals surface area contributed by atoms with Crippen LogP contribution in [0.15, 0.2) is 60.4 Å². The molecular weight excluding hydrogens is 356 g/mol. The highest BCUT2D eigenvalue weighted by Gasteiger charge is 2.25. The molecular formula is C20H24N6O2. The number of hydrogen-bond acceptors (Lipinski definition) is 6. The molecule has 8 heteroatoms. The molecule has 2 amide bonds. The largest absolute Gasteiger partial charge is 0.399 e. The maximum absolute atomic E-state index is 12.4. The molecule has 0 saturated carbocycles. The number of carbonyl (C=O) groups excluding carboxylic acids is 2. The van der Waals surface area contributed by atoms with Crippen molar-refractivity contribution in [3.8, 4) is 0 Å². The van der Waals surface area contributed by atoms with Gasteiger partial charge in [0.25, 0.3) is 5.91 Å². The second-order valence-corrected chi connectivity index (χ2v) is 6.71. The Balaban J connectivity index is 1.59. The van der Waals surface area contributed by atoms with Crippen molar-refractivity contribution in [2.75, 3.05) is 11.1 Å². The Bertz CT molecular complexity index is 894. The first-order valence-electron chi connectivity index (χ1n) is 8.95. The second kappa shape index (κ2) is 8.45. The Kier molecular flexibility index (Phi) is 5.81. The zero-order valence-corrected chi connectivity index (χ0v) is 15.4. The van der Waals surface area contributed by atoms with Crippen molar-refractivity contribution in [2.24, 2.45) is 11.6 Å². The highest BCUT2D eigenvalue weighted by Crippen LogP contribution is 2.21. The van der Waals surface area contributed by atoms with Crippen molar-refractivity contribution in [3.05, 3.63) is 71.6 Å². The van der Waals surface area contributed by atoms with E-state index in [1.807, 2.05) is 36.4 Å².